The Kier molecular flexibility index (Phi) is 4.60. The van der Waals surface area contributed by atoms with Crippen LogP contribution >= 0.6 is 0 Å². The summed E-state index contributed by atoms with van der Waals surface area (Å²) >= 11 is 0. The first-order valence-electron chi connectivity index (χ1n) is 6.20. The van der Waals surface area contributed by atoms with Crippen LogP contribution in [0.2, 0.25) is 0 Å². The standard InChI is InChI=1S/C17H16O2/c1-14-2-4-15(5-3-14)6-7-16-8-10-17(11-9-16)19-13-12-18/h2-5,8-11,18H,12-13H2,1H3. The molecule has 0 aliphatic rings. The molecule has 96 valence electrons. The molecular formula is C17H16O2. The van der Waals surface area contributed by atoms with Gasteiger partial charge in [-0.25, -0.2) is 0 Å². The van der Waals surface area contributed by atoms with E-state index < -0.39 is 0 Å². The molecular weight excluding hydrogens is 236 g/mol. The first kappa shape index (κ1) is 13.2. The molecule has 0 amide bonds. The van der Waals surface area contributed by atoms with E-state index in [1.54, 1.807) is 0 Å². The van der Waals surface area contributed by atoms with E-state index in [2.05, 4.69) is 30.9 Å². The number of aliphatic hydroxyl groups is 1. The number of benzene rings is 2. The molecule has 0 bridgehead atoms. The zero-order valence-electron chi connectivity index (χ0n) is 10.9. The Morgan fingerprint density at radius 1 is 0.895 bits per heavy atom. The van der Waals surface area contributed by atoms with E-state index >= 15 is 0 Å². The van der Waals surface area contributed by atoms with Crippen LogP contribution in [0, 0.1) is 18.8 Å². The van der Waals surface area contributed by atoms with Crippen LogP contribution in [0.4, 0.5) is 0 Å². The van der Waals surface area contributed by atoms with Gasteiger partial charge in [-0.15, -0.1) is 0 Å². The van der Waals surface area contributed by atoms with Crippen molar-refractivity contribution in [1.82, 2.24) is 0 Å². The van der Waals surface area contributed by atoms with Crippen molar-refractivity contribution in [3.05, 3.63) is 65.2 Å². The van der Waals surface area contributed by atoms with Crippen molar-refractivity contribution in [2.45, 2.75) is 6.92 Å². The zero-order valence-corrected chi connectivity index (χ0v) is 10.9. The maximum atomic E-state index is 8.66. The molecule has 0 heterocycles. The second-order valence-electron chi connectivity index (χ2n) is 4.21. The van der Waals surface area contributed by atoms with Gasteiger partial charge in [0.25, 0.3) is 0 Å². The highest BCUT2D eigenvalue weighted by molar-refractivity contribution is 5.44. The Labute approximate surface area is 113 Å². The van der Waals surface area contributed by atoms with Crippen LogP contribution < -0.4 is 4.74 Å². The van der Waals surface area contributed by atoms with Gasteiger partial charge >= 0.3 is 0 Å². The van der Waals surface area contributed by atoms with Gasteiger partial charge in [-0.1, -0.05) is 29.5 Å². The van der Waals surface area contributed by atoms with Gasteiger partial charge in [-0.3, -0.25) is 0 Å². The Hall–Kier alpha value is -2.24. The van der Waals surface area contributed by atoms with E-state index in [4.69, 9.17) is 9.84 Å². The summed E-state index contributed by atoms with van der Waals surface area (Å²) in [6, 6.07) is 15.7. The number of hydrogen-bond acceptors (Lipinski definition) is 2. The fourth-order valence-corrected chi connectivity index (χ4v) is 1.58. The second-order valence-corrected chi connectivity index (χ2v) is 4.21. The van der Waals surface area contributed by atoms with Gasteiger partial charge in [0.2, 0.25) is 0 Å². The van der Waals surface area contributed by atoms with E-state index in [0.29, 0.717) is 6.61 Å². The molecule has 0 unspecified atom stereocenters. The average molecular weight is 252 g/mol. The molecule has 2 aromatic carbocycles. The van der Waals surface area contributed by atoms with Crippen LogP contribution in [-0.2, 0) is 0 Å². The minimum absolute atomic E-state index is 0.0228. The van der Waals surface area contributed by atoms with Crippen molar-refractivity contribution in [2.24, 2.45) is 0 Å². The van der Waals surface area contributed by atoms with Crippen molar-refractivity contribution in [3.63, 3.8) is 0 Å². The third kappa shape index (κ3) is 4.17. The third-order valence-corrected chi connectivity index (χ3v) is 2.62. The van der Waals surface area contributed by atoms with Crippen molar-refractivity contribution >= 4 is 0 Å². The molecule has 0 aliphatic carbocycles. The largest absolute Gasteiger partial charge is 0.491 e. The van der Waals surface area contributed by atoms with Crippen LogP contribution in [0.5, 0.6) is 5.75 Å². The lowest BCUT2D eigenvalue weighted by Crippen LogP contribution is -2.01. The van der Waals surface area contributed by atoms with Crippen molar-refractivity contribution in [3.8, 4) is 17.6 Å². The Balaban J connectivity index is 2.05. The van der Waals surface area contributed by atoms with E-state index in [9.17, 15) is 0 Å². The van der Waals surface area contributed by atoms with Gasteiger partial charge in [0.05, 0.1) is 6.61 Å². The van der Waals surface area contributed by atoms with Crippen LogP contribution in [-0.4, -0.2) is 18.3 Å². The van der Waals surface area contributed by atoms with Crippen LogP contribution in [0.25, 0.3) is 0 Å². The SMILES string of the molecule is Cc1ccc(C#Cc2ccc(OCCO)cc2)cc1. The number of hydrogen-bond donors (Lipinski definition) is 1. The molecule has 19 heavy (non-hydrogen) atoms. The molecule has 0 radical (unpaired) electrons. The summed E-state index contributed by atoms with van der Waals surface area (Å²) in [6.45, 7) is 2.39. The molecule has 0 spiro atoms. The molecule has 0 atom stereocenters. The molecule has 0 fully saturated rings. The molecule has 2 rings (SSSR count). The van der Waals surface area contributed by atoms with Crippen LogP contribution in [0.1, 0.15) is 16.7 Å². The normalized spacial score (nSPS) is 9.58. The first-order valence-corrected chi connectivity index (χ1v) is 6.20. The molecule has 2 heteroatoms. The predicted octanol–water partition coefficient (Wildman–Crippen LogP) is 2.77. The minimum Gasteiger partial charge on any atom is -0.491 e. The van der Waals surface area contributed by atoms with Gasteiger partial charge in [-0.2, -0.15) is 0 Å². The summed E-state index contributed by atoms with van der Waals surface area (Å²) in [5, 5.41) is 8.66. The highest BCUT2D eigenvalue weighted by Gasteiger charge is 1.93. The van der Waals surface area contributed by atoms with E-state index in [1.165, 1.54) is 5.56 Å². The molecule has 0 aliphatic heterocycles. The van der Waals surface area contributed by atoms with Crippen molar-refractivity contribution in [1.29, 1.82) is 0 Å². The smallest absolute Gasteiger partial charge is 0.119 e. The van der Waals surface area contributed by atoms with E-state index in [-0.39, 0.29) is 6.61 Å². The van der Waals surface area contributed by atoms with Gasteiger partial charge in [0.15, 0.2) is 0 Å². The highest BCUT2D eigenvalue weighted by Crippen LogP contribution is 2.11. The summed E-state index contributed by atoms with van der Waals surface area (Å²) in [5.74, 6) is 6.97. The molecule has 0 aromatic heterocycles. The Morgan fingerprint density at radius 3 is 1.95 bits per heavy atom. The summed E-state index contributed by atoms with van der Waals surface area (Å²) < 4.78 is 5.29. The molecule has 0 saturated carbocycles. The molecule has 0 saturated heterocycles. The van der Waals surface area contributed by atoms with Gasteiger partial charge < -0.3 is 9.84 Å². The average Bonchev–Trinajstić information content (AvgIpc) is 2.46. The molecule has 2 aromatic rings. The maximum Gasteiger partial charge on any atom is 0.119 e. The lowest BCUT2D eigenvalue weighted by Gasteiger charge is -2.02. The van der Waals surface area contributed by atoms with Gasteiger partial charge in [0.1, 0.15) is 12.4 Å². The minimum atomic E-state index is 0.0228. The van der Waals surface area contributed by atoms with E-state index in [1.807, 2.05) is 36.4 Å². The monoisotopic (exact) mass is 252 g/mol. The molecule has 1 N–H and O–H groups in total. The quantitative estimate of drug-likeness (QED) is 0.851. The molecule has 2 nitrogen and oxygen atoms in total. The summed E-state index contributed by atoms with van der Waals surface area (Å²) in [6.07, 6.45) is 0. The van der Waals surface area contributed by atoms with E-state index in [0.717, 1.165) is 16.9 Å². The van der Waals surface area contributed by atoms with Crippen molar-refractivity contribution < 1.29 is 9.84 Å². The summed E-state index contributed by atoms with van der Waals surface area (Å²) in [4.78, 5) is 0. The highest BCUT2D eigenvalue weighted by atomic mass is 16.5. The Morgan fingerprint density at radius 2 is 1.42 bits per heavy atom. The first-order chi connectivity index (χ1) is 9.28. The maximum absolute atomic E-state index is 8.66. The second kappa shape index (κ2) is 6.63. The number of aliphatic hydroxyl groups excluding tert-OH is 1. The summed E-state index contributed by atoms with van der Waals surface area (Å²) in [7, 11) is 0. The fourth-order valence-electron chi connectivity index (χ4n) is 1.58. The number of ether oxygens (including phenoxy) is 1. The number of aryl methyl sites for hydroxylation is 1. The summed E-state index contributed by atoms with van der Waals surface area (Å²) in [5.41, 5.74) is 3.18. The van der Waals surface area contributed by atoms with Gasteiger partial charge in [0, 0.05) is 11.1 Å². The van der Waals surface area contributed by atoms with Crippen molar-refractivity contribution in [2.75, 3.05) is 13.2 Å². The zero-order chi connectivity index (χ0) is 13.5. The van der Waals surface area contributed by atoms with Gasteiger partial charge in [-0.05, 0) is 43.3 Å². The lowest BCUT2D eigenvalue weighted by atomic mass is 10.1. The lowest BCUT2D eigenvalue weighted by molar-refractivity contribution is 0.201. The third-order valence-electron chi connectivity index (χ3n) is 2.62. The number of rotatable bonds is 3. The fraction of sp³-hybridized carbons (Fsp3) is 0.176. The van der Waals surface area contributed by atoms with Crippen LogP contribution in [0.15, 0.2) is 48.5 Å². The predicted molar refractivity (Wildman–Crippen MR) is 76.2 cm³/mol. The van der Waals surface area contributed by atoms with Crippen LogP contribution in [0.3, 0.4) is 0 Å². The Bertz CT molecular complexity index is 571. The topological polar surface area (TPSA) is 29.5 Å².